The van der Waals surface area contributed by atoms with E-state index in [1.54, 1.807) is 24.5 Å². The van der Waals surface area contributed by atoms with Gasteiger partial charge in [0.15, 0.2) is 0 Å². The van der Waals surface area contributed by atoms with Crippen molar-refractivity contribution >= 4 is 39.5 Å². The number of carbonyl (C=O) groups is 1. The van der Waals surface area contributed by atoms with Gasteiger partial charge in [-0.15, -0.1) is 0 Å². The Hall–Kier alpha value is -1.24. The standard InChI is InChI=1S/C12H12IN3O/c13-4-1-5-16-12(17)9-2-3-10-11(8-9)15-7-6-14-10/h2-3,6-8H,1,4-5H2,(H,16,17). The average Bonchev–Trinajstić information content (AvgIpc) is 2.38. The van der Waals surface area contributed by atoms with Crippen molar-refractivity contribution < 1.29 is 4.79 Å². The van der Waals surface area contributed by atoms with Crippen LogP contribution in [0.2, 0.25) is 0 Å². The number of amides is 1. The molecule has 0 aliphatic carbocycles. The van der Waals surface area contributed by atoms with E-state index in [0.29, 0.717) is 12.1 Å². The number of benzene rings is 1. The van der Waals surface area contributed by atoms with Gasteiger partial charge in [0.1, 0.15) is 0 Å². The summed E-state index contributed by atoms with van der Waals surface area (Å²) < 4.78 is 1.04. The molecule has 88 valence electrons. The lowest BCUT2D eigenvalue weighted by molar-refractivity contribution is 0.0954. The number of aromatic nitrogens is 2. The van der Waals surface area contributed by atoms with Crippen LogP contribution in [0.5, 0.6) is 0 Å². The minimum Gasteiger partial charge on any atom is -0.352 e. The summed E-state index contributed by atoms with van der Waals surface area (Å²) in [5, 5.41) is 2.87. The number of carbonyl (C=O) groups excluding carboxylic acids is 1. The summed E-state index contributed by atoms with van der Waals surface area (Å²) in [4.78, 5) is 20.1. The maximum atomic E-state index is 11.8. The highest BCUT2D eigenvalue weighted by atomic mass is 127. The molecule has 1 aromatic carbocycles. The predicted octanol–water partition coefficient (Wildman–Crippen LogP) is 2.18. The smallest absolute Gasteiger partial charge is 0.251 e. The quantitative estimate of drug-likeness (QED) is 0.527. The lowest BCUT2D eigenvalue weighted by Gasteiger charge is -2.04. The van der Waals surface area contributed by atoms with Gasteiger partial charge >= 0.3 is 0 Å². The van der Waals surface area contributed by atoms with E-state index >= 15 is 0 Å². The molecule has 0 aliphatic heterocycles. The zero-order valence-electron chi connectivity index (χ0n) is 9.19. The fourth-order valence-corrected chi connectivity index (χ4v) is 1.86. The molecule has 0 aliphatic rings. The van der Waals surface area contributed by atoms with Gasteiger partial charge in [0, 0.05) is 28.9 Å². The summed E-state index contributed by atoms with van der Waals surface area (Å²) >= 11 is 2.29. The summed E-state index contributed by atoms with van der Waals surface area (Å²) in [6.45, 7) is 0.709. The number of halogens is 1. The second-order valence-corrected chi connectivity index (χ2v) is 4.64. The van der Waals surface area contributed by atoms with E-state index in [4.69, 9.17) is 0 Å². The van der Waals surface area contributed by atoms with Gasteiger partial charge in [-0.25, -0.2) is 0 Å². The third kappa shape index (κ3) is 3.12. The molecule has 4 nitrogen and oxygen atoms in total. The van der Waals surface area contributed by atoms with Crippen LogP contribution in [-0.2, 0) is 0 Å². The molecule has 1 N–H and O–H groups in total. The fourth-order valence-electron chi connectivity index (χ4n) is 1.48. The summed E-state index contributed by atoms with van der Waals surface area (Å²) in [5.41, 5.74) is 2.18. The first-order valence-electron chi connectivity index (χ1n) is 5.36. The van der Waals surface area contributed by atoms with Gasteiger partial charge in [0.05, 0.1) is 11.0 Å². The van der Waals surface area contributed by atoms with Crippen molar-refractivity contribution in [2.24, 2.45) is 0 Å². The van der Waals surface area contributed by atoms with Gasteiger partial charge in [0.25, 0.3) is 5.91 Å². The topological polar surface area (TPSA) is 54.9 Å². The molecule has 1 amide bonds. The number of nitrogens with one attached hydrogen (secondary N) is 1. The molecule has 0 radical (unpaired) electrons. The highest BCUT2D eigenvalue weighted by molar-refractivity contribution is 14.1. The highest BCUT2D eigenvalue weighted by Gasteiger charge is 2.06. The lowest BCUT2D eigenvalue weighted by Crippen LogP contribution is -2.24. The Labute approximate surface area is 113 Å². The van der Waals surface area contributed by atoms with Gasteiger partial charge in [-0.05, 0) is 24.6 Å². The molecule has 1 heterocycles. The van der Waals surface area contributed by atoms with Crippen molar-refractivity contribution in [3.8, 4) is 0 Å². The molecule has 2 rings (SSSR count). The van der Waals surface area contributed by atoms with Gasteiger partial charge in [-0.3, -0.25) is 14.8 Å². The van der Waals surface area contributed by atoms with Crippen molar-refractivity contribution in [2.75, 3.05) is 11.0 Å². The minimum absolute atomic E-state index is 0.0533. The zero-order chi connectivity index (χ0) is 12.1. The largest absolute Gasteiger partial charge is 0.352 e. The van der Waals surface area contributed by atoms with E-state index in [1.165, 1.54) is 0 Å². The molecule has 0 saturated carbocycles. The summed E-state index contributed by atoms with van der Waals surface area (Å²) in [5.74, 6) is -0.0533. The van der Waals surface area contributed by atoms with Gasteiger partial charge in [0.2, 0.25) is 0 Å². The maximum Gasteiger partial charge on any atom is 0.251 e. The molecule has 0 spiro atoms. The first-order chi connectivity index (χ1) is 8.31. The molecule has 0 atom stereocenters. The number of fused-ring (bicyclic) bond motifs is 1. The van der Waals surface area contributed by atoms with Crippen LogP contribution >= 0.6 is 22.6 Å². The SMILES string of the molecule is O=C(NCCCI)c1ccc2nccnc2c1. The normalized spacial score (nSPS) is 10.4. The second kappa shape index (κ2) is 5.90. The molecule has 0 saturated heterocycles. The molecule has 2 aromatic rings. The highest BCUT2D eigenvalue weighted by Crippen LogP contribution is 2.10. The fraction of sp³-hybridized carbons (Fsp3) is 0.250. The van der Waals surface area contributed by atoms with Crippen molar-refractivity contribution in [2.45, 2.75) is 6.42 Å². The molecular formula is C12H12IN3O. The Balaban J connectivity index is 2.15. The molecule has 0 bridgehead atoms. The van der Waals surface area contributed by atoms with Crippen molar-refractivity contribution in [3.05, 3.63) is 36.2 Å². The van der Waals surface area contributed by atoms with Crippen LogP contribution in [0.4, 0.5) is 0 Å². The second-order valence-electron chi connectivity index (χ2n) is 3.56. The monoisotopic (exact) mass is 341 g/mol. The van der Waals surface area contributed by atoms with Gasteiger partial charge in [-0.1, -0.05) is 22.6 Å². The number of nitrogens with zero attached hydrogens (tertiary/aromatic N) is 2. The first kappa shape index (κ1) is 12.2. The number of hydrogen-bond donors (Lipinski definition) is 1. The third-order valence-corrected chi connectivity index (χ3v) is 3.09. The first-order valence-corrected chi connectivity index (χ1v) is 6.89. The van der Waals surface area contributed by atoms with Crippen LogP contribution in [-0.4, -0.2) is 26.8 Å². The van der Waals surface area contributed by atoms with E-state index in [1.807, 2.05) is 6.07 Å². The van der Waals surface area contributed by atoms with Crippen LogP contribution in [0.3, 0.4) is 0 Å². The van der Waals surface area contributed by atoms with Crippen molar-refractivity contribution in [3.63, 3.8) is 0 Å². The van der Waals surface area contributed by atoms with E-state index in [9.17, 15) is 4.79 Å². The molecule has 17 heavy (non-hydrogen) atoms. The van der Waals surface area contributed by atoms with Crippen LogP contribution in [0.1, 0.15) is 16.8 Å². The minimum atomic E-state index is -0.0533. The molecule has 1 aromatic heterocycles. The van der Waals surface area contributed by atoms with Crippen LogP contribution < -0.4 is 5.32 Å². The molecule has 0 fully saturated rings. The van der Waals surface area contributed by atoms with Gasteiger partial charge in [-0.2, -0.15) is 0 Å². The summed E-state index contributed by atoms with van der Waals surface area (Å²) in [7, 11) is 0. The van der Waals surface area contributed by atoms with Gasteiger partial charge < -0.3 is 5.32 Å². The Kier molecular flexibility index (Phi) is 4.24. The summed E-state index contributed by atoms with van der Waals surface area (Å²) in [6.07, 6.45) is 4.25. The third-order valence-electron chi connectivity index (χ3n) is 2.33. The van der Waals surface area contributed by atoms with Crippen LogP contribution in [0.25, 0.3) is 11.0 Å². The van der Waals surface area contributed by atoms with E-state index in [2.05, 4.69) is 37.9 Å². The number of alkyl halides is 1. The van der Waals surface area contributed by atoms with Crippen molar-refractivity contribution in [1.29, 1.82) is 0 Å². The molecule has 5 heteroatoms. The van der Waals surface area contributed by atoms with Crippen LogP contribution in [0, 0.1) is 0 Å². The molecule has 0 unspecified atom stereocenters. The number of rotatable bonds is 4. The van der Waals surface area contributed by atoms with Crippen molar-refractivity contribution in [1.82, 2.24) is 15.3 Å². The number of hydrogen-bond acceptors (Lipinski definition) is 3. The Morgan fingerprint density at radius 3 is 2.76 bits per heavy atom. The Bertz CT molecular complexity index is 530. The lowest BCUT2D eigenvalue weighted by atomic mass is 10.2. The van der Waals surface area contributed by atoms with E-state index in [-0.39, 0.29) is 5.91 Å². The summed E-state index contributed by atoms with van der Waals surface area (Å²) in [6, 6.07) is 5.35. The maximum absolute atomic E-state index is 11.8. The Morgan fingerprint density at radius 2 is 2.00 bits per heavy atom. The average molecular weight is 341 g/mol. The predicted molar refractivity (Wildman–Crippen MR) is 75.4 cm³/mol. The van der Waals surface area contributed by atoms with E-state index in [0.717, 1.165) is 21.9 Å². The Morgan fingerprint density at radius 1 is 1.24 bits per heavy atom. The van der Waals surface area contributed by atoms with Crippen LogP contribution in [0.15, 0.2) is 30.6 Å². The zero-order valence-corrected chi connectivity index (χ0v) is 11.3. The van der Waals surface area contributed by atoms with E-state index < -0.39 is 0 Å². The molecular weight excluding hydrogens is 329 g/mol.